The summed E-state index contributed by atoms with van der Waals surface area (Å²) in [7, 11) is 0. The number of benzene rings is 2. The Labute approximate surface area is 159 Å². The van der Waals surface area contributed by atoms with Gasteiger partial charge in [-0.2, -0.15) is 5.26 Å². The molecule has 124 valence electrons. The number of para-hydroxylation sites is 1. The summed E-state index contributed by atoms with van der Waals surface area (Å²) in [6.45, 7) is 2.11. The van der Waals surface area contributed by atoms with Gasteiger partial charge in [-0.15, -0.1) is 11.3 Å². The molecule has 1 N–H and O–H groups in total. The number of hydrogen-bond acceptors (Lipinski definition) is 4. The van der Waals surface area contributed by atoms with Crippen LogP contribution >= 0.6 is 27.3 Å². The van der Waals surface area contributed by atoms with Crippen LogP contribution in [0.3, 0.4) is 0 Å². The average Bonchev–Trinajstić information content (AvgIpc) is 3.13. The number of aryl methyl sites for hydroxylation is 1. The summed E-state index contributed by atoms with van der Waals surface area (Å²) >= 11 is 4.91. The summed E-state index contributed by atoms with van der Waals surface area (Å²) in [5, 5.41) is 15.4. The smallest absolute Gasteiger partial charge is 0.136 e. The van der Waals surface area contributed by atoms with Gasteiger partial charge in [0.1, 0.15) is 16.6 Å². The van der Waals surface area contributed by atoms with Gasteiger partial charge in [-0.1, -0.05) is 53.2 Å². The second kappa shape index (κ2) is 8.11. The van der Waals surface area contributed by atoms with Gasteiger partial charge in [-0.25, -0.2) is 4.98 Å². The molecule has 3 rings (SSSR count). The molecule has 0 fully saturated rings. The van der Waals surface area contributed by atoms with Crippen LogP contribution < -0.4 is 5.32 Å². The van der Waals surface area contributed by atoms with Crippen LogP contribution in [0, 0.1) is 11.3 Å². The topological polar surface area (TPSA) is 48.7 Å². The van der Waals surface area contributed by atoms with Crippen molar-refractivity contribution in [1.29, 1.82) is 5.26 Å². The Morgan fingerprint density at radius 2 is 2.00 bits per heavy atom. The zero-order valence-corrected chi connectivity index (χ0v) is 16.1. The molecule has 0 spiro atoms. The van der Waals surface area contributed by atoms with Crippen LogP contribution in [-0.4, -0.2) is 4.98 Å². The summed E-state index contributed by atoms with van der Waals surface area (Å²) in [5.74, 6) is 0. The Morgan fingerprint density at radius 3 is 2.72 bits per heavy atom. The number of nitrogens with zero attached hydrogens (tertiary/aromatic N) is 2. The molecule has 0 amide bonds. The highest BCUT2D eigenvalue weighted by Crippen LogP contribution is 2.27. The van der Waals surface area contributed by atoms with Crippen molar-refractivity contribution in [1.82, 2.24) is 4.98 Å². The Kier molecular flexibility index (Phi) is 5.64. The molecule has 0 saturated carbocycles. The van der Waals surface area contributed by atoms with Crippen LogP contribution in [0.15, 0.2) is 64.6 Å². The zero-order valence-electron chi connectivity index (χ0n) is 13.7. The maximum atomic E-state index is 9.50. The number of nitriles is 1. The Balaban J connectivity index is 1.84. The maximum Gasteiger partial charge on any atom is 0.136 e. The van der Waals surface area contributed by atoms with Crippen molar-refractivity contribution in [3.63, 3.8) is 0 Å². The number of anilines is 1. The SMILES string of the molecule is CCc1ccccc1N/C=C(/C#N)c1nc(-c2ccc(Br)cc2)cs1. The Morgan fingerprint density at radius 1 is 1.24 bits per heavy atom. The lowest BCUT2D eigenvalue weighted by atomic mass is 10.1. The quantitative estimate of drug-likeness (QED) is 0.516. The number of nitrogens with one attached hydrogen (secondary N) is 1. The van der Waals surface area contributed by atoms with E-state index >= 15 is 0 Å². The maximum absolute atomic E-state index is 9.50. The summed E-state index contributed by atoms with van der Waals surface area (Å²) in [6, 6.07) is 18.3. The van der Waals surface area contributed by atoms with Crippen molar-refractivity contribution < 1.29 is 0 Å². The third-order valence-electron chi connectivity index (χ3n) is 3.77. The van der Waals surface area contributed by atoms with E-state index in [1.165, 1.54) is 16.9 Å². The lowest BCUT2D eigenvalue weighted by Gasteiger charge is -2.07. The minimum absolute atomic E-state index is 0.527. The lowest BCUT2D eigenvalue weighted by Crippen LogP contribution is -1.95. The fourth-order valence-electron chi connectivity index (χ4n) is 2.41. The van der Waals surface area contributed by atoms with Gasteiger partial charge in [0.2, 0.25) is 0 Å². The third-order valence-corrected chi connectivity index (χ3v) is 5.17. The second-order valence-electron chi connectivity index (χ2n) is 5.37. The van der Waals surface area contributed by atoms with Crippen LogP contribution in [0.2, 0.25) is 0 Å². The van der Waals surface area contributed by atoms with Crippen molar-refractivity contribution in [2.24, 2.45) is 0 Å². The van der Waals surface area contributed by atoms with Gasteiger partial charge in [0.25, 0.3) is 0 Å². The van der Waals surface area contributed by atoms with E-state index in [1.54, 1.807) is 6.20 Å². The number of allylic oxidation sites excluding steroid dienone is 1. The van der Waals surface area contributed by atoms with E-state index in [4.69, 9.17) is 0 Å². The van der Waals surface area contributed by atoms with Crippen LogP contribution in [-0.2, 0) is 6.42 Å². The predicted octanol–water partition coefficient (Wildman–Crippen LogP) is 6.11. The predicted molar refractivity (Wildman–Crippen MR) is 108 cm³/mol. The first kappa shape index (κ1) is 17.4. The molecular weight excluding hydrogens is 394 g/mol. The summed E-state index contributed by atoms with van der Waals surface area (Å²) in [4.78, 5) is 4.61. The number of rotatable bonds is 5. The Bertz CT molecular complexity index is 936. The van der Waals surface area contributed by atoms with E-state index in [-0.39, 0.29) is 0 Å². The minimum atomic E-state index is 0.527. The van der Waals surface area contributed by atoms with Crippen LogP contribution in [0.1, 0.15) is 17.5 Å². The summed E-state index contributed by atoms with van der Waals surface area (Å²) in [6.07, 6.45) is 2.67. The van der Waals surface area contributed by atoms with Crippen molar-refractivity contribution in [3.05, 3.63) is 75.2 Å². The van der Waals surface area contributed by atoms with Gasteiger partial charge < -0.3 is 5.32 Å². The molecule has 25 heavy (non-hydrogen) atoms. The Hall–Kier alpha value is -2.42. The molecule has 3 aromatic rings. The molecule has 1 heterocycles. The van der Waals surface area contributed by atoms with Gasteiger partial charge >= 0.3 is 0 Å². The summed E-state index contributed by atoms with van der Waals surface area (Å²) < 4.78 is 1.03. The molecule has 0 aliphatic rings. The van der Waals surface area contributed by atoms with Gasteiger partial charge in [0.15, 0.2) is 0 Å². The molecule has 0 saturated heterocycles. The van der Waals surface area contributed by atoms with E-state index in [1.807, 2.05) is 47.8 Å². The molecular formula is C20H16BrN3S. The highest BCUT2D eigenvalue weighted by Gasteiger charge is 2.09. The molecule has 2 aromatic carbocycles. The lowest BCUT2D eigenvalue weighted by molar-refractivity contribution is 1.14. The van der Waals surface area contributed by atoms with Crippen molar-refractivity contribution in [2.45, 2.75) is 13.3 Å². The number of aromatic nitrogens is 1. The van der Waals surface area contributed by atoms with Crippen LogP contribution in [0.4, 0.5) is 5.69 Å². The first-order chi connectivity index (χ1) is 12.2. The first-order valence-electron chi connectivity index (χ1n) is 7.88. The fourth-order valence-corrected chi connectivity index (χ4v) is 3.47. The molecule has 0 unspecified atom stereocenters. The van der Waals surface area contributed by atoms with E-state index in [0.717, 1.165) is 27.8 Å². The number of thiazole rings is 1. The van der Waals surface area contributed by atoms with Crippen LogP contribution in [0.25, 0.3) is 16.8 Å². The van der Waals surface area contributed by atoms with Gasteiger partial charge in [0.05, 0.1) is 5.69 Å². The molecule has 0 atom stereocenters. The number of halogens is 1. The normalized spacial score (nSPS) is 11.2. The van der Waals surface area contributed by atoms with Crippen molar-refractivity contribution in [2.75, 3.05) is 5.32 Å². The largest absolute Gasteiger partial charge is 0.360 e. The zero-order chi connectivity index (χ0) is 17.6. The van der Waals surface area contributed by atoms with Gasteiger partial charge in [0, 0.05) is 27.3 Å². The fraction of sp³-hybridized carbons (Fsp3) is 0.100. The van der Waals surface area contributed by atoms with Gasteiger partial charge in [-0.3, -0.25) is 0 Å². The monoisotopic (exact) mass is 409 g/mol. The van der Waals surface area contributed by atoms with Crippen LogP contribution in [0.5, 0.6) is 0 Å². The van der Waals surface area contributed by atoms with Crippen molar-refractivity contribution in [3.8, 4) is 17.3 Å². The molecule has 0 radical (unpaired) electrons. The van der Waals surface area contributed by atoms with E-state index < -0.39 is 0 Å². The molecule has 1 aromatic heterocycles. The highest BCUT2D eigenvalue weighted by molar-refractivity contribution is 9.10. The minimum Gasteiger partial charge on any atom is -0.360 e. The molecule has 0 bridgehead atoms. The van der Waals surface area contributed by atoms with E-state index in [2.05, 4.69) is 45.3 Å². The van der Waals surface area contributed by atoms with E-state index in [9.17, 15) is 5.26 Å². The molecule has 0 aliphatic carbocycles. The van der Waals surface area contributed by atoms with Gasteiger partial charge in [-0.05, 0) is 30.2 Å². The highest BCUT2D eigenvalue weighted by atomic mass is 79.9. The van der Waals surface area contributed by atoms with Crippen molar-refractivity contribution >= 4 is 38.5 Å². The summed E-state index contributed by atoms with van der Waals surface area (Å²) in [5.41, 5.74) is 4.67. The molecule has 0 aliphatic heterocycles. The standard InChI is InChI=1S/C20H16BrN3S/c1-2-14-5-3-4-6-18(14)23-12-16(11-22)20-24-19(13-25-20)15-7-9-17(21)10-8-15/h3-10,12-13,23H,2H2,1H3/b16-12-. The third kappa shape index (κ3) is 4.16. The average molecular weight is 410 g/mol. The molecule has 5 heteroatoms. The molecule has 3 nitrogen and oxygen atoms in total. The van der Waals surface area contributed by atoms with E-state index in [0.29, 0.717) is 10.6 Å². The first-order valence-corrected chi connectivity index (χ1v) is 9.55. The number of hydrogen-bond donors (Lipinski definition) is 1. The second-order valence-corrected chi connectivity index (χ2v) is 7.14.